The lowest BCUT2D eigenvalue weighted by Gasteiger charge is -2.26. The van der Waals surface area contributed by atoms with Gasteiger partial charge in [-0.15, -0.1) is 0 Å². The second-order valence-electron chi connectivity index (χ2n) is 4.91. The molecule has 0 radical (unpaired) electrons. The van der Waals surface area contributed by atoms with Gasteiger partial charge in [0, 0.05) is 19.6 Å². The summed E-state index contributed by atoms with van der Waals surface area (Å²) in [5, 5.41) is 12.7. The number of morpholine rings is 1. The van der Waals surface area contributed by atoms with E-state index in [-0.39, 0.29) is 5.91 Å². The molecule has 0 bridgehead atoms. The molecule has 1 saturated heterocycles. The Kier molecular flexibility index (Phi) is 5.98. The summed E-state index contributed by atoms with van der Waals surface area (Å²) in [5.74, 6) is -0.335. The number of hydrogen-bond acceptors (Lipinski definition) is 4. The minimum Gasteiger partial charge on any atom is -0.379 e. The molecule has 0 aliphatic carbocycles. The van der Waals surface area contributed by atoms with Gasteiger partial charge in [0.2, 0.25) is 0 Å². The fourth-order valence-corrected chi connectivity index (χ4v) is 2.22. The number of hydrogen-bond donors (Lipinski definition) is 2. The number of carbonyl (C=O) groups is 1. The Morgan fingerprint density at radius 3 is 2.70 bits per heavy atom. The van der Waals surface area contributed by atoms with E-state index in [0.29, 0.717) is 12.1 Å². The number of amides is 1. The van der Waals surface area contributed by atoms with Crippen LogP contribution in [-0.2, 0) is 9.53 Å². The third-order valence-electron chi connectivity index (χ3n) is 3.42. The third kappa shape index (κ3) is 4.59. The van der Waals surface area contributed by atoms with Crippen molar-refractivity contribution in [3.8, 4) is 0 Å². The second-order valence-corrected chi connectivity index (χ2v) is 4.91. The molecule has 1 unspecified atom stereocenters. The molecule has 2 rings (SSSR count). The van der Waals surface area contributed by atoms with Crippen LogP contribution in [0.3, 0.4) is 0 Å². The van der Waals surface area contributed by atoms with Crippen LogP contribution in [0.4, 0.5) is 0 Å². The number of benzene rings is 1. The van der Waals surface area contributed by atoms with Crippen molar-refractivity contribution in [3.05, 3.63) is 35.9 Å². The maximum atomic E-state index is 11.8. The van der Waals surface area contributed by atoms with Crippen molar-refractivity contribution in [1.29, 1.82) is 0 Å². The molecule has 1 heterocycles. The zero-order valence-corrected chi connectivity index (χ0v) is 11.6. The van der Waals surface area contributed by atoms with E-state index in [9.17, 15) is 9.90 Å². The van der Waals surface area contributed by atoms with Gasteiger partial charge in [-0.2, -0.15) is 0 Å². The summed E-state index contributed by atoms with van der Waals surface area (Å²) in [5.41, 5.74) is 0.623. The van der Waals surface area contributed by atoms with E-state index in [4.69, 9.17) is 4.74 Å². The predicted octanol–water partition coefficient (Wildman–Crippen LogP) is 0.559. The molecule has 1 amide bonds. The lowest BCUT2D eigenvalue weighted by Crippen LogP contribution is -2.38. The molecule has 1 aromatic carbocycles. The van der Waals surface area contributed by atoms with Gasteiger partial charge in [-0.1, -0.05) is 30.3 Å². The quantitative estimate of drug-likeness (QED) is 0.746. The highest BCUT2D eigenvalue weighted by Gasteiger charge is 2.16. The van der Waals surface area contributed by atoms with Crippen LogP contribution in [0.15, 0.2) is 30.3 Å². The summed E-state index contributed by atoms with van der Waals surface area (Å²) in [7, 11) is 0. The Balaban J connectivity index is 1.64. The zero-order chi connectivity index (χ0) is 14.2. The number of nitrogens with one attached hydrogen (secondary N) is 1. The molecule has 1 aliphatic rings. The van der Waals surface area contributed by atoms with Crippen LogP contribution in [-0.4, -0.2) is 55.3 Å². The molecule has 110 valence electrons. The van der Waals surface area contributed by atoms with Gasteiger partial charge >= 0.3 is 0 Å². The van der Waals surface area contributed by atoms with E-state index in [1.165, 1.54) is 0 Å². The molecule has 0 spiro atoms. The van der Waals surface area contributed by atoms with Gasteiger partial charge in [-0.05, 0) is 18.5 Å². The highest BCUT2D eigenvalue weighted by Crippen LogP contribution is 2.11. The average molecular weight is 278 g/mol. The molecule has 2 N–H and O–H groups in total. The van der Waals surface area contributed by atoms with Crippen molar-refractivity contribution in [2.45, 2.75) is 12.5 Å². The molecule has 1 fully saturated rings. The second kappa shape index (κ2) is 7.99. The molecule has 0 aromatic heterocycles. The molecule has 1 aromatic rings. The predicted molar refractivity (Wildman–Crippen MR) is 76.3 cm³/mol. The normalized spacial score (nSPS) is 17.6. The molecule has 1 aliphatic heterocycles. The first-order valence-electron chi connectivity index (χ1n) is 7.08. The number of aliphatic hydroxyl groups is 1. The fraction of sp³-hybridized carbons (Fsp3) is 0.533. The molecule has 5 heteroatoms. The van der Waals surface area contributed by atoms with E-state index in [1.54, 1.807) is 12.1 Å². The highest BCUT2D eigenvalue weighted by molar-refractivity contribution is 5.81. The molecule has 1 atom stereocenters. The Morgan fingerprint density at radius 1 is 1.30 bits per heavy atom. The first-order chi connectivity index (χ1) is 9.77. The maximum absolute atomic E-state index is 11.8. The van der Waals surface area contributed by atoms with E-state index in [2.05, 4.69) is 10.2 Å². The molecular weight excluding hydrogens is 256 g/mol. The van der Waals surface area contributed by atoms with Gasteiger partial charge in [0.05, 0.1) is 13.2 Å². The first-order valence-corrected chi connectivity index (χ1v) is 7.08. The topological polar surface area (TPSA) is 61.8 Å². The van der Waals surface area contributed by atoms with Gasteiger partial charge in [-0.3, -0.25) is 9.69 Å². The van der Waals surface area contributed by atoms with E-state index in [0.717, 1.165) is 39.3 Å². The van der Waals surface area contributed by atoms with Gasteiger partial charge in [0.25, 0.3) is 5.91 Å². The summed E-state index contributed by atoms with van der Waals surface area (Å²) in [4.78, 5) is 14.1. The summed E-state index contributed by atoms with van der Waals surface area (Å²) in [6, 6.07) is 8.97. The van der Waals surface area contributed by atoms with Crippen molar-refractivity contribution in [2.24, 2.45) is 0 Å². The summed E-state index contributed by atoms with van der Waals surface area (Å²) < 4.78 is 5.28. The van der Waals surface area contributed by atoms with Crippen molar-refractivity contribution < 1.29 is 14.6 Å². The number of aliphatic hydroxyl groups excluding tert-OH is 1. The van der Waals surface area contributed by atoms with Gasteiger partial charge in [0.15, 0.2) is 6.10 Å². The minimum atomic E-state index is -1.08. The number of nitrogens with zero attached hydrogens (tertiary/aromatic N) is 1. The zero-order valence-electron chi connectivity index (χ0n) is 11.6. The lowest BCUT2D eigenvalue weighted by atomic mass is 10.1. The summed E-state index contributed by atoms with van der Waals surface area (Å²) >= 11 is 0. The Bertz CT molecular complexity index is 405. The smallest absolute Gasteiger partial charge is 0.253 e. The van der Waals surface area contributed by atoms with Crippen LogP contribution in [0.2, 0.25) is 0 Å². The van der Waals surface area contributed by atoms with Crippen LogP contribution < -0.4 is 5.32 Å². The van der Waals surface area contributed by atoms with Gasteiger partial charge in [0.1, 0.15) is 0 Å². The largest absolute Gasteiger partial charge is 0.379 e. The van der Waals surface area contributed by atoms with E-state index < -0.39 is 6.10 Å². The molecular formula is C15H22N2O3. The monoisotopic (exact) mass is 278 g/mol. The summed E-state index contributed by atoms with van der Waals surface area (Å²) in [6.45, 7) is 5.03. The van der Waals surface area contributed by atoms with Crippen LogP contribution in [0.25, 0.3) is 0 Å². The lowest BCUT2D eigenvalue weighted by molar-refractivity contribution is -0.129. The summed E-state index contributed by atoms with van der Waals surface area (Å²) in [6.07, 6.45) is -0.202. The van der Waals surface area contributed by atoms with Crippen LogP contribution in [0.1, 0.15) is 18.1 Å². The van der Waals surface area contributed by atoms with Crippen molar-refractivity contribution in [2.75, 3.05) is 39.4 Å². The standard InChI is InChI=1S/C15H22N2O3/c18-14(13-5-2-1-3-6-13)15(19)16-7-4-8-17-9-11-20-12-10-17/h1-3,5-6,14,18H,4,7-12H2,(H,16,19). The molecule has 5 nitrogen and oxygen atoms in total. The van der Waals surface area contributed by atoms with E-state index in [1.807, 2.05) is 18.2 Å². The SMILES string of the molecule is O=C(NCCCN1CCOCC1)C(O)c1ccccc1. The Hall–Kier alpha value is -1.43. The van der Waals surface area contributed by atoms with Crippen LogP contribution in [0.5, 0.6) is 0 Å². The Labute approximate surface area is 119 Å². The van der Waals surface area contributed by atoms with Crippen LogP contribution in [0, 0.1) is 0 Å². The highest BCUT2D eigenvalue weighted by atomic mass is 16.5. The van der Waals surface area contributed by atoms with Crippen molar-refractivity contribution >= 4 is 5.91 Å². The van der Waals surface area contributed by atoms with Crippen molar-refractivity contribution in [1.82, 2.24) is 10.2 Å². The van der Waals surface area contributed by atoms with Gasteiger partial charge < -0.3 is 15.2 Å². The van der Waals surface area contributed by atoms with Crippen LogP contribution >= 0.6 is 0 Å². The fourth-order valence-electron chi connectivity index (χ4n) is 2.22. The minimum absolute atomic E-state index is 0.335. The van der Waals surface area contributed by atoms with Crippen molar-refractivity contribution in [3.63, 3.8) is 0 Å². The first kappa shape index (κ1) is 15.0. The number of rotatable bonds is 6. The van der Waals surface area contributed by atoms with E-state index >= 15 is 0 Å². The maximum Gasteiger partial charge on any atom is 0.253 e. The Morgan fingerprint density at radius 2 is 2.00 bits per heavy atom. The molecule has 20 heavy (non-hydrogen) atoms. The van der Waals surface area contributed by atoms with Gasteiger partial charge in [-0.25, -0.2) is 0 Å². The average Bonchev–Trinajstić information content (AvgIpc) is 2.52. The number of carbonyl (C=O) groups excluding carboxylic acids is 1. The number of ether oxygens (including phenoxy) is 1. The third-order valence-corrected chi connectivity index (χ3v) is 3.42. The molecule has 0 saturated carbocycles.